The van der Waals surface area contributed by atoms with E-state index in [-0.39, 0.29) is 18.0 Å². The standard InChI is InChI=1S/C22H23NO2/c1-16(24)25-22(18-9-4-3-5-10-18)21(15-23-2)20-13-12-17-8-6-7-11-19(17)14-20/h3-14,21-23H,15H2,1-2H3/t21-,22?/m0/s1. The lowest BCUT2D eigenvalue weighted by Gasteiger charge is -2.28. The summed E-state index contributed by atoms with van der Waals surface area (Å²) < 4.78 is 5.74. The zero-order valence-electron chi connectivity index (χ0n) is 14.6. The van der Waals surface area contributed by atoms with Crippen molar-refractivity contribution in [1.82, 2.24) is 5.32 Å². The van der Waals surface area contributed by atoms with Gasteiger partial charge < -0.3 is 10.1 Å². The summed E-state index contributed by atoms with van der Waals surface area (Å²) in [5.41, 5.74) is 2.16. The Hall–Kier alpha value is -2.65. The molecule has 3 aromatic rings. The fraction of sp³-hybridized carbons (Fsp3) is 0.227. The van der Waals surface area contributed by atoms with Crippen LogP contribution in [-0.2, 0) is 9.53 Å². The average molecular weight is 333 g/mol. The lowest BCUT2D eigenvalue weighted by molar-refractivity contribution is -0.148. The first kappa shape index (κ1) is 17.2. The molecular weight excluding hydrogens is 310 g/mol. The molecule has 0 fully saturated rings. The fourth-order valence-electron chi connectivity index (χ4n) is 3.26. The van der Waals surface area contributed by atoms with Gasteiger partial charge in [-0.2, -0.15) is 0 Å². The minimum atomic E-state index is -0.327. The van der Waals surface area contributed by atoms with Crippen molar-refractivity contribution in [1.29, 1.82) is 0 Å². The minimum Gasteiger partial charge on any atom is -0.457 e. The summed E-state index contributed by atoms with van der Waals surface area (Å²) >= 11 is 0. The molecule has 3 aromatic carbocycles. The molecule has 0 aromatic heterocycles. The molecule has 0 spiro atoms. The van der Waals surface area contributed by atoms with Crippen LogP contribution in [0.2, 0.25) is 0 Å². The topological polar surface area (TPSA) is 38.3 Å². The Bertz CT molecular complexity index is 845. The molecule has 0 radical (unpaired) electrons. The van der Waals surface area contributed by atoms with Crippen molar-refractivity contribution in [2.24, 2.45) is 0 Å². The number of ether oxygens (including phenoxy) is 1. The number of rotatable bonds is 6. The van der Waals surface area contributed by atoms with Crippen molar-refractivity contribution in [2.75, 3.05) is 13.6 Å². The molecule has 0 aliphatic rings. The van der Waals surface area contributed by atoms with Crippen molar-refractivity contribution >= 4 is 16.7 Å². The molecule has 0 aliphatic carbocycles. The second kappa shape index (κ2) is 7.95. The number of benzene rings is 3. The van der Waals surface area contributed by atoms with E-state index in [0.29, 0.717) is 6.54 Å². The molecule has 3 heteroatoms. The molecule has 2 atom stereocenters. The number of fused-ring (bicyclic) bond motifs is 1. The van der Waals surface area contributed by atoms with E-state index in [1.54, 1.807) is 0 Å². The number of carbonyl (C=O) groups excluding carboxylic acids is 1. The first-order valence-corrected chi connectivity index (χ1v) is 8.54. The van der Waals surface area contributed by atoms with Gasteiger partial charge in [-0.25, -0.2) is 0 Å². The summed E-state index contributed by atoms with van der Waals surface area (Å²) in [5, 5.41) is 5.64. The van der Waals surface area contributed by atoms with Gasteiger partial charge in [-0.05, 0) is 28.9 Å². The van der Waals surface area contributed by atoms with E-state index in [2.05, 4.69) is 35.6 Å². The number of carbonyl (C=O) groups is 1. The van der Waals surface area contributed by atoms with Gasteiger partial charge in [-0.15, -0.1) is 0 Å². The van der Waals surface area contributed by atoms with Crippen molar-refractivity contribution in [3.8, 4) is 0 Å². The fourth-order valence-corrected chi connectivity index (χ4v) is 3.26. The van der Waals surface area contributed by atoms with E-state index in [4.69, 9.17) is 4.74 Å². The van der Waals surface area contributed by atoms with E-state index in [9.17, 15) is 4.79 Å². The van der Waals surface area contributed by atoms with Gasteiger partial charge in [0.15, 0.2) is 0 Å². The molecule has 1 N–H and O–H groups in total. The Morgan fingerprint density at radius 2 is 1.60 bits per heavy atom. The number of esters is 1. The molecule has 3 rings (SSSR count). The largest absolute Gasteiger partial charge is 0.457 e. The van der Waals surface area contributed by atoms with Crippen molar-refractivity contribution in [3.63, 3.8) is 0 Å². The van der Waals surface area contributed by atoms with Crippen molar-refractivity contribution in [2.45, 2.75) is 18.9 Å². The first-order chi connectivity index (χ1) is 12.2. The number of hydrogen-bond donors (Lipinski definition) is 1. The highest BCUT2D eigenvalue weighted by Crippen LogP contribution is 2.35. The maximum atomic E-state index is 11.7. The Kier molecular flexibility index (Phi) is 5.46. The normalized spacial score (nSPS) is 13.4. The third-order valence-corrected chi connectivity index (χ3v) is 4.41. The van der Waals surface area contributed by atoms with Gasteiger partial charge in [0.1, 0.15) is 6.10 Å². The molecule has 25 heavy (non-hydrogen) atoms. The zero-order chi connectivity index (χ0) is 17.6. The number of likely N-dealkylation sites (N-methyl/N-ethyl adjacent to an activating group) is 1. The zero-order valence-corrected chi connectivity index (χ0v) is 14.6. The summed E-state index contributed by atoms with van der Waals surface area (Å²) in [6.45, 7) is 2.18. The number of nitrogens with one attached hydrogen (secondary N) is 1. The van der Waals surface area contributed by atoms with Crippen LogP contribution in [0.15, 0.2) is 72.8 Å². The predicted octanol–water partition coefficient (Wildman–Crippen LogP) is 4.45. The van der Waals surface area contributed by atoms with Crippen LogP contribution in [0.3, 0.4) is 0 Å². The highest BCUT2D eigenvalue weighted by atomic mass is 16.5. The minimum absolute atomic E-state index is 0.0286. The quantitative estimate of drug-likeness (QED) is 0.677. The SMILES string of the molecule is CNC[C@@H](c1ccc2ccccc2c1)C(OC(C)=O)c1ccccc1. The third kappa shape index (κ3) is 4.06. The van der Waals surface area contributed by atoms with Gasteiger partial charge in [-0.1, -0.05) is 72.8 Å². The van der Waals surface area contributed by atoms with Crippen LogP contribution in [0.4, 0.5) is 0 Å². The molecule has 0 saturated carbocycles. The molecule has 0 amide bonds. The van der Waals surface area contributed by atoms with Crippen LogP contribution in [0.25, 0.3) is 10.8 Å². The smallest absolute Gasteiger partial charge is 0.303 e. The highest BCUT2D eigenvalue weighted by molar-refractivity contribution is 5.83. The molecule has 0 aliphatic heterocycles. The first-order valence-electron chi connectivity index (χ1n) is 8.54. The van der Waals surface area contributed by atoms with E-state index >= 15 is 0 Å². The Labute approximate surface area is 148 Å². The number of hydrogen-bond acceptors (Lipinski definition) is 3. The van der Waals surface area contributed by atoms with E-state index < -0.39 is 0 Å². The second-order valence-corrected chi connectivity index (χ2v) is 6.21. The molecule has 3 nitrogen and oxygen atoms in total. The highest BCUT2D eigenvalue weighted by Gasteiger charge is 2.27. The van der Waals surface area contributed by atoms with Crippen LogP contribution in [-0.4, -0.2) is 19.6 Å². The monoisotopic (exact) mass is 333 g/mol. The van der Waals surface area contributed by atoms with Gasteiger partial charge in [0.2, 0.25) is 0 Å². The van der Waals surface area contributed by atoms with Crippen LogP contribution < -0.4 is 5.32 Å². The van der Waals surface area contributed by atoms with E-state index in [1.807, 2.05) is 49.5 Å². The lowest BCUT2D eigenvalue weighted by atomic mass is 9.87. The summed E-state index contributed by atoms with van der Waals surface area (Å²) in [5.74, 6) is -0.239. The van der Waals surface area contributed by atoms with Crippen molar-refractivity contribution in [3.05, 3.63) is 83.9 Å². The molecule has 128 valence electrons. The van der Waals surface area contributed by atoms with Crippen LogP contribution in [0.1, 0.15) is 30.1 Å². The van der Waals surface area contributed by atoms with Crippen LogP contribution in [0, 0.1) is 0 Å². The molecule has 0 heterocycles. The summed E-state index contributed by atoms with van der Waals surface area (Å²) in [4.78, 5) is 11.7. The van der Waals surface area contributed by atoms with E-state index in [1.165, 1.54) is 17.7 Å². The maximum absolute atomic E-state index is 11.7. The van der Waals surface area contributed by atoms with Crippen LogP contribution >= 0.6 is 0 Å². The second-order valence-electron chi connectivity index (χ2n) is 6.21. The molecule has 1 unspecified atom stereocenters. The Morgan fingerprint density at radius 3 is 2.28 bits per heavy atom. The van der Waals surface area contributed by atoms with Gasteiger partial charge in [0.05, 0.1) is 0 Å². The lowest BCUT2D eigenvalue weighted by Crippen LogP contribution is -2.26. The Balaban J connectivity index is 2.05. The maximum Gasteiger partial charge on any atom is 0.303 e. The van der Waals surface area contributed by atoms with Gasteiger partial charge in [0.25, 0.3) is 0 Å². The van der Waals surface area contributed by atoms with Gasteiger partial charge in [-0.3, -0.25) is 4.79 Å². The summed E-state index contributed by atoms with van der Waals surface area (Å²) in [6.07, 6.45) is -0.327. The predicted molar refractivity (Wildman–Crippen MR) is 102 cm³/mol. The molecule has 0 bridgehead atoms. The molecule has 0 saturated heterocycles. The third-order valence-electron chi connectivity index (χ3n) is 4.41. The summed E-state index contributed by atoms with van der Waals surface area (Å²) in [7, 11) is 1.92. The summed E-state index contributed by atoms with van der Waals surface area (Å²) in [6, 6.07) is 24.7. The average Bonchev–Trinajstić information content (AvgIpc) is 2.64. The molecular formula is C22H23NO2. The van der Waals surface area contributed by atoms with Crippen molar-refractivity contribution < 1.29 is 9.53 Å². The van der Waals surface area contributed by atoms with Crippen LogP contribution in [0.5, 0.6) is 0 Å². The Morgan fingerprint density at radius 1 is 0.920 bits per heavy atom. The van der Waals surface area contributed by atoms with Gasteiger partial charge >= 0.3 is 5.97 Å². The van der Waals surface area contributed by atoms with E-state index in [0.717, 1.165) is 11.1 Å². The van der Waals surface area contributed by atoms with Gasteiger partial charge in [0, 0.05) is 19.4 Å².